The van der Waals surface area contributed by atoms with Crippen LogP contribution in [0.15, 0.2) is 30.3 Å². The number of carbonyl (C=O) groups is 1. The Morgan fingerprint density at radius 3 is 2.31 bits per heavy atom. The molecule has 1 spiro atoms. The Morgan fingerprint density at radius 1 is 1.19 bits per heavy atom. The molecule has 0 radical (unpaired) electrons. The molecule has 1 amide bonds. The minimum Gasteiger partial charge on any atom is -0.381 e. The number of hydrogen-bond donors (Lipinski definition) is 2. The molecule has 3 fully saturated rings. The Bertz CT molecular complexity index is 801. The fourth-order valence-corrected chi connectivity index (χ4v) is 5.99. The van der Waals surface area contributed by atoms with Crippen LogP contribution in [0.25, 0.3) is 0 Å². The largest absolute Gasteiger partial charge is 0.381 e. The summed E-state index contributed by atoms with van der Waals surface area (Å²) in [7, 11) is 4.36. The molecule has 1 aromatic rings. The van der Waals surface area contributed by atoms with E-state index in [2.05, 4.69) is 59.1 Å². The highest BCUT2D eigenvalue weighted by atomic mass is 16.5. The fourth-order valence-electron chi connectivity index (χ4n) is 5.99. The second-order valence-electron chi connectivity index (χ2n) is 11.1. The first kappa shape index (κ1) is 23.6. The molecule has 32 heavy (non-hydrogen) atoms. The molecule has 2 heterocycles. The van der Waals surface area contributed by atoms with Crippen LogP contribution in [0.5, 0.6) is 0 Å². The molecule has 3 aliphatic rings. The minimum atomic E-state index is -0.696. The van der Waals surface area contributed by atoms with Gasteiger partial charge in [-0.3, -0.25) is 19.5 Å². The van der Waals surface area contributed by atoms with Crippen LogP contribution in [0.2, 0.25) is 0 Å². The molecule has 0 bridgehead atoms. The quantitative estimate of drug-likeness (QED) is 0.668. The van der Waals surface area contributed by atoms with Crippen molar-refractivity contribution in [3.05, 3.63) is 35.9 Å². The fraction of sp³-hybridized carbons (Fsp3) is 0.720. The third-order valence-electron chi connectivity index (χ3n) is 8.31. The van der Waals surface area contributed by atoms with Crippen molar-refractivity contribution in [3.63, 3.8) is 0 Å². The van der Waals surface area contributed by atoms with E-state index >= 15 is 0 Å². The predicted octanol–water partition coefficient (Wildman–Crippen LogP) is 1.81. The highest BCUT2D eigenvalue weighted by Crippen LogP contribution is 2.50. The Kier molecular flexibility index (Phi) is 6.42. The molecule has 1 saturated carbocycles. The van der Waals surface area contributed by atoms with Crippen LogP contribution < -0.4 is 5.73 Å². The zero-order valence-corrected chi connectivity index (χ0v) is 20.1. The number of ether oxygens (including phenoxy) is 1. The molecule has 7 nitrogen and oxygen atoms in total. The molecule has 2 saturated heterocycles. The number of benzene rings is 1. The molecular weight excluding hydrogens is 404 g/mol. The summed E-state index contributed by atoms with van der Waals surface area (Å²) in [5.74, 6) is 0.129. The van der Waals surface area contributed by atoms with E-state index in [1.54, 1.807) is 0 Å². The van der Waals surface area contributed by atoms with Gasteiger partial charge in [0.1, 0.15) is 0 Å². The lowest BCUT2D eigenvalue weighted by Gasteiger charge is -2.52. The van der Waals surface area contributed by atoms with Gasteiger partial charge in [-0.25, -0.2) is 0 Å². The predicted molar refractivity (Wildman–Crippen MR) is 125 cm³/mol. The van der Waals surface area contributed by atoms with Gasteiger partial charge in [0.15, 0.2) is 6.35 Å². The number of amides is 1. The number of aliphatic hydroxyl groups is 1. The maximum absolute atomic E-state index is 12.0. The van der Waals surface area contributed by atoms with E-state index in [4.69, 9.17) is 10.5 Å². The van der Waals surface area contributed by atoms with Gasteiger partial charge >= 0.3 is 0 Å². The molecule has 1 aromatic carbocycles. The number of aliphatic hydroxyl groups excluding tert-OH is 1. The van der Waals surface area contributed by atoms with E-state index in [9.17, 15) is 9.90 Å². The summed E-state index contributed by atoms with van der Waals surface area (Å²) in [4.78, 5) is 18.7. The Balaban J connectivity index is 1.59. The molecule has 4 rings (SSSR count). The topological polar surface area (TPSA) is 82.3 Å². The third kappa shape index (κ3) is 4.10. The second kappa shape index (κ2) is 8.69. The van der Waals surface area contributed by atoms with E-state index in [1.165, 1.54) is 5.56 Å². The SMILES string of the molecule is CN(C)C1(c2ccccc2)CCC2(CC1)CN(CC(C)(C)C(N)=O)C(O)N2CC1COC1. The molecule has 1 unspecified atom stereocenters. The first-order chi connectivity index (χ1) is 15.1. The van der Waals surface area contributed by atoms with Gasteiger partial charge in [0.2, 0.25) is 5.91 Å². The average Bonchev–Trinajstić information content (AvgIpc) is 2.96. The lowest BCUT2D eigenvalue weighted by molar-refractivity contribution is -0.137. The van der Waals surface area contributed by atoms with Gasteiger partial charge in [0.05, 0.1) is 18.6 Å². The van der Waals surface area contributed by atoms with Crippen LogP contribution in [0.3, 0.4) is 0 Å². The third-order valence-corrected chi connectivity index (χ3v) is 8.31. The first-order valence-electron chi connectivity index (χ1n) is 11.9. The van der Waals surface area contributed by atoms with Gasteiger partial charge in [-0.1, -0.05) is 30.3 Å². The van der Waals surface area contributed by atoms with Crippen molar-refractivity contribution in [3.8, 4) is 0 Å². The zero-order valence-electron chi connectivity index (χ0n) is 20.1. The van der Waals surface area contributed by atoms with Crippen molar-refractivity contribution in [1.82, 2.24) is 14.7 Å². The second-order valence-corrected chi connectivity index (χ2v) is 11.1. The van der Waals surface area contributed by atoms with E-state index in [-0.39, 0.29) is 17.0 Å². The van der Waals surface area contributed by atoms with Gasteiger partial charge in [-0.2, -0.15) is 0 Å². The lowest BCUT2D eigenvalue weighted by Crippen LogP contribution is -2.58. The van der Waals surface area contributed by atoms with Crippen LogP contribution in [-0.4, -0.2) is 84.5 Å². The number of primary amides is 1. The summed E-state index contributed by atoms with van der Waals surface area (Å²) < 4.78 is 5.43. The maximum Gasteiger partial charge on any atom is 0.224 e. The highest BCUT2D eigenvalue weighted by molar-refractivity contribution is 5.80. The summed E-state index contributed by atoms with van der Waals surface area (Å²) >= 11 is 0. The van der Waals surface area contributed by atoms with Crippen molar-refractivity contribution in [2.75, 3.05) is 46.9 Å². The summed E-state index contributed by atoms with van der Waals surface area (Å²) in [6, 6.07) is 10.8. The zero-order chi connectivity index (χ0) is 23.1. The number of nitrogens with zero attached hydrogens (tertiary/aromatic N) is 3. The van der Waals surface area contributed by atoms with Crippen LogP contribution >= 0.6 is 0 Å². The van der Waals surface area contributed by atoms with Gasteiger partial charge in [-0.15, -0.1) is 0 Å². The summed E-state index contributed by atoms with van der Waals surface area (Å²) in [6.07, 6.45) is 3.36. The Labute approximate surface area is 192 Å². The van der Waals surface area contributed by atoms with Crippen molar-refractivity contribution < 1.29 is 14.6 Å². The van der Waals surface area contributed by atoms with Crippen molar-refractivity contribution >= 4 is 5.91 Å². The molecule has 3 N–H and O–H groups in total. The highest BCUT2D eigenvalue weighted by Gasteiger charge is 2.55. The Morgan fingerprint density at radius 2 is 1.81 bits per heavy atom. The van der Waals surface area contributed by atoms with Gasteiger partial charge < -0.3 is 15.6 Å². The van der Waals surface area contributed by atoms with E-state index in [0.717, 1.165) is 52.0 Å². The van der Waals surface area contributed by atoms with E-state index < -0.39 is 11.8 Å². The number of nitrogens with two attached hydrogens (primary N) is 1. The van der Waals surface area contributed by atoms with Crippen LogP contribution in [0, 0.1) is 11.3 Å². The van der Waals surface area contributed by atoms with Crippen LogP contribution in [0.4, 0.5) is 0 Å². The number of hydrogen-bond acceptors (Lipinski definition) is 6. The first-order valence-corrected chi connectivity index (χ1v) is 11.9. The molecule has 7 heteroatoms. The summed E-state index contributed by atoms with van der Waals surface area (Å²) in [5, 5.41) is 11.4. The smallest absolute Gasteiger partial charge is 0.224 e. The molecular formula is C25H40N4O3. The standard InChI is InChI=1S/C25H40N4O3/c1-23(2,21(26)30)17-28-18-24(29(22(28)31)14-19-15-32-16-19)10-12-25(13-11-24,27(3)4)20-8-6-5-7-9-20/h5-9,19,22,31H,10-18H2,1-4H3,(H2,26,30). The van der Waals surface area contributed by atoms with E-state index in [0.29, 0.717) is 12.5 Å². The van der Waals surface area contributed by atoms with Gasteiger partial charge in [0, 0.05) is 36.6 Å². The van der Waals surface area contributed by atoms with Crippen LogP contribution in [0.1, 0.15) is 45.1 Å². The van der Waals surface area contributed by atoms with Crippen LogP contribution in [-0.2, 0) is 15.1 Å². The lowest BCUT2D eigenvalue weighted by atomic mass is 9.68. The molecule has 0 aromatic heterocycles. The molecule has 1 atom stereocenters. The average molecular weight is 445 g/mol. The maximum atomic E-state index is 12.0. The summed E-state index contributed by atoms with van der Waals surface area (Å²) in [5.41, 5.74) is 6.24. The summed E-state index contributed by atoms with van der Waals surface area (Å²) in [6.45, 7) is 7.30. The normalized spacial score (nSPS) is 32.5. The van der Waals surface area contributed by atoms with E-state index in [1.807, 2.05) is 13.8 Å². The molecule has 178 valence electrons. The Hall–Kier alpha value is -1.51. The van der Waals surface area contributed by atoms with Crippen molar-refractivity contribution in [1.29, 1.82) is 0 Å². The van der Waals surface area contributed by atoms with Gasteiger partial charge in [-0.05, 0) is 59.2 Å². The number of rotatable bonds is 7. The number of carbonyl (C=O) groups excluding carboxylic acids is 1. The monoisotopic (exact) mass is 444 g/mol. The molecule has 2 aliphatic heterocycles. The van der Waals surface area contributed by atoms with Gasteiger partial charge in [0.25, 0.3) is 0 Å². The van der Waals surface area contributed by atoms with Crippen molar-refractivity contribution in [2.45, 2.75) is 57.0 Å². The molecule has 1 aliphatic carbocycles. The minimum absolute atomic E-state index is 0.00261. The van der Waals surface area contributed by atoms with Crippen molar-refractivity contribution in [2.24, 2.45) is 17.1 Å².